The molecule has 3 aromatic rings. The molecule has 0 radical (unpaired) electrons. The number of aliphatic hydroxyl groups is 3. The van der Waals surface area contributed by atoms with E-state index in [1.165, 1.54) is 17.2 Å². The van der Waals surface area contributed by atoms with E-state index in [1.807, 2.05) is 19.1 Å². The van der Waals surface area contributed by atoms with Gasteiger partial charge in [-0.15, -0.1) is 0 Å². The topological polar surface area (TPSA) is 146 Å². The molecule has 5 atom stereocenters. The monoisotopic (exact) mass is 401 g/mol. The number of hydrogen-bond donors (Lipinski definition) is 5. The molecule has 1 aliphatic heterocycles. The maximum atomic E-state index is 10.3. The first-order chi connectivity index (χ1) is 14.0. The zero-order valence-corrected chi connectivity index (χ0v) is 15.8. The van der Waals surface area contributed by atoms with Crippen LogP contribution >= 0.6 is 0 Å². The summed E-state index contributed by atoms with van der Waals surface area (Å²) in [6, 6.07) is 6.88. The van der Waals surface area contributed by atoms with Crippen LogP contribution in [0.15, 0.2) is 36.9 Å². The number of nitrogens with one attached hydrogen (secondary N) is 1. The first-order valence-corrected chi connectivity index (χ1v) is 9.39. The van der Waals surface area contributed by atoms with Crippen LogP contribution in [0.5, 0.6) is 5.75 Å². The maximum Gasteiger partial charge on any atom is 0.167 e. The zero-order chi connectivity index (χ0) is 20.5. The molecule has 1 saturated heterocycles. The van der Waals surface area contributed by atoms with Crippen LogP contribution in [0.4, 0.5) is 5.82 Å². The summed E-state index contributed by atoms with van der Waals surface area (Å²) in [6.45, 7) is 1.62. The molecule has 2 aromatic heterocycles. The molecule has 5 N–H and O–H groups in total. The molecule has 1 fully saturated rings. The summed E-state index contributed by atoms with van der Waals surface area (Å²) < 4.78 is 7.10. The van der Waals surface area contributed by atoms with E-state index in [1.54, 1.807) is 12.1 Å². The van der Waals surface area contributed by atoms with Gasteiger partial charge < -0.3 is 30.5 Å². The average Bonchev–Trinajstić information content (AvgIpc) is 3.28. The van der Waals surface area contributed by atoms with E-state index in [-0.39, 0.29) is 11.8 Å². The van der Waals surface area contributed by atoms with Crippen molar-refractivity contribution in [3.05, 3.63) is 42.5 Å². The molecule has 0 saturated carbocycles. The van der Waals surface area contributed by atoms with Gasteiger partial charge in [0.15, 0.2) is 23.2 Å². The van der Waals surface area contributed by atoms with E-state index in [9.17, 15) is 20.4 Å². The van der Waals surface area contributed by atoms with Crippen LogP contribution < -0.4 is 5.32 Å². The highest BCUT2D eigenvalue weighted by Crippen LogP contribution is 2.33. The number of anilines is 1. The van der Waals surface area contributed by atoms with E-state index in [0.717, 1.165) is 12.0 Å². The van der Waals surface area contributed by atoms with Crippen molar-refractivity contribution in [2.75, 3.05) is 11.9 Å². The fourth-order valence-electron chi connectivity index (χ4n) is 3.55. The molecule has 0 aliphatic carbocycles. The quantitative estimate of drug-likeness (QED) is 0.403. The van der Waals surface area contributed by atoms with Gasteiger partial charge in [0.2, 0.25) is 0 Å². The van der Waals surface area contributed by atoms with Crippen LogP contribution in [0.25, 0.3) is 11.2 Å². The van der Waals surface area contributed by atoms with Crippen molar-refractivity contribution in [1.82, 2.24) is 19.5 Å². The third-order valence-electron chi connectivity index (χ3n) is 5.16. The number of imidazole rings is 1. The van der Waals surface area contributed by atoms with Crippen LogP contribution in [-0.2, 0) is 4.74 Å². The molecule has 1 aliphatic rings. The van der Waals surface area contributed by atoms with Crippen molar-refractivity contribution in [1.29, 1.82) is 0 Å². The summed E-state index contributed by atoms with van der Waals surface area (Å²) in [5, 5.41) is 42.5. The van der Waals surface area contributed by atoms with Gasteiger partial charge in [0.25, 0.3) is 0 Å². The van der Waals surface area contributed by atoms with Crippen LogP contribution in [-0.4, -0.2) is 64.9 Å². The first-order valence-electron chi connectivity index (χ1n) is 9.39. The normalized spacial score (nSPS) is 25.4. The van der Waals surface area contributed by atoms with Crippen molar-refractivity contribution in [3.8, 4) is 5.75 Å². The molecule has 0 amide bonds. The van der Waals surface area contributed by atoms with E-state index in [4.69, 9.17) is 4.74 Å². The van der Waals surface area contributed by atoms with Crippen molar-refractivity contribution < 1.29 is 25.2 Å². The van der Waals surface area contributed by atoms with Gasteiger partial charge in [-0.1, -0.05) is 19.1 Å². The highest BCUT2D eigenvalue weighted by Gasteiger charge is 2.44. The number of aromatic nitrogens is 4. The number of fused-ring (bicyclic) bond motifs is 1. The Morgan fingerprint density at radius 1 is 1.14 bits per heavy atom. The fourth-order valence-corrected chi connectivity index (χ4v) is 3.55. The summed E-state index contributed by atoms with van der Waals surface area (Å²) in [5.74, 6) is 0.714. The lowest BCUT2D eigenvalue weighted by atomic mass is 10.0. The Morgan fingerprint density at radius 3 is 2.55 bits per heavy atom. The zero-order valence-electron chi connectivity index (χ0n) is 15.8. The Bertz CT molecular complexity index is 979. The minimum absolute atomic E-state index is 0.0623. The van der Waals surface area contributed by atoms with E-state index in [2.05, 4.69) is 20.3 Å². The summed E-state index contributed by atoms with van der Waals surface area (Å²) in [4.78, 5) is 12.9. The molecule has 1 aromatic carbocycles. The molecule has 10 heteroatoms. The minimum Gasteiger partial charge on any atom is -0.508 e. The van der Waals surface area contributed by atoms with Gasteiger partial charge in [0.05, 0.1) is 19.0 Å². The number of aliphatic hydroxyl groups excluding tert-OH is 3. The number of ether oxygens (including phenoxy) is 1. The van der Waals surface area contributed by atoms with Crippen LogP contribution in [0.2, 0.25) is 0 Å². The molecule has 0 spiro atoms. The van der Waals surface area contributed by atoms with Crippen molar-refractivity contribution >= 4 is 17.0 Å². The summed E-state index contributed by atoms with van der Waals surface area (Å²) in [6.07, 6.45) is -0.622. The number of phenols is 1. The van der Waals surface area contributed by atoms with E-state index < -0.39 is 31.1 Å². The third-order valence-corrected chi connectivity index (χ3v) is 5.16. The van der Waals surface area contributed by atoms with Gasteiger partial charge in [-0.05, 0) is 24.1 Å². The molecular weight excluding hydrogens is 378 g/mol. The second-order valence-corrected chi connectivity index (χ2v) is 6.97. The highest BCUT2D eigenvalue weighted by atomic mass is 16.6. The Labute approximate surface area is 166 Å². The van der Waals surface area contributed by atoms with Gasteiger partial charge in [-0.2, -0.15) is 0 Å². The maximum absolute atomic E-state index is 10.3. The largest absolute Gasteiger partial charge is 0.508 e. The predicted molar refractivity (Wildman–Crippen MR) is 103 cm³/mol. The minimum atomic E-state index is -1.23. The van der Waals surface area contributed by atoms with Gasteiger partial charge >= 0.3 is 0 Å². The second kappa shape index (κ2) is 7.91. The number of benzene rings is 1. The molecule has 154 valence electrons. The van der Waals surface area contributed by atoms with Crippen LogP contribution in [0, 0.1) is 0 Å². The Kier molecular flexibility index (Phi) is 5.33. The summed E-state index contributed by atoms with van der Waals surface area (Å²) in [5.41, 5.74) is 1.90. The molecule has 10 nitrogen and oxygen atoms in total. The lowest BCUT2D eigenvalue weighted by Crippen LogP contribution is -2.33. The lowest BCUT2D eigenvalue weighted by molar-refractivity contribution is -0.0511. The molecule has 29 heavy (non-hydrogen) atoms. The predicted octanol–water partition coefficient (Wildman–Crippen LogP) is 0.707. The Morgan fingerprint density at radius 2 is 1.90 bits per heavy atom. The number of hydrogen-bond acceptors (Lipinski definition) is 9. The number of phenolic OH excluding ortho intramolecular Hbond substituents is 1. The van der Waals surface area contributed by atoms with E-state index >= 15 is 0 Å². The van der Waals surface area contributed by atoms with E-state index in [0.29, 0.717) is 17.0 Å². The SMILES string of the molecule is CCC(Nc1ncnc2c1ncn2[C@@H]1O[C@H](CO)C(O)[C@@H]1O)c1ccc(O)cc1. The van der Waals surface area contributed by atoms with Crippen molar-refractivity contribution in [2.24, 2.45) is 0 Å². The van der Waals surface area contributed by atoms with Gasteiger partial charge in [0.1, 0.15) is 30.4 Å². The number of rotatable bonds is 6. The Balaban J connectivity index is 1.65. The summed E-state index contributed by atoms with van der Waals surface area (Å²) >= 11 is 0. The smallest absolute Gasteiger partial charge is 0.167 e. The molecule has 4 rings (SSSR count). The molecule has 2 unspecified atom stereocenters. The molecule has 0 bridgehead atoms. The number of aromatic hydroxyl groups is 1. The summed E-state index contributed by atoms with van der Waals surface area (Å²) in [7, 11) is 0. The van der Waals surface area contributed by atoms with Crippen LogP contribution in [0.3, 0.4) is 0 Å². The van der Waals surface area contributed by atoms with Crippen molar-refractivity contribution in [2.45, 2.75) is 43.9 Å². The number of nitrogens with zero attached hydrogens (tertiary/aromatic N) is 4. The fraction of sp³-hybridized carbons (Fsp3) is 0.421. The molecular formula is C19H23N5O5. The third kappa shape index (κ3) is 3.51. The molecule has 3 heterocycles. The average molecular weight is 401 g/mol. The van der Waals surface area contributed by atoms with Gasteiger partial charge in [-0.3, -0.25) is 4.57 Å². The van der Waals surface area contributed by atoms with Crippen molar-refractivity contribution in [3.63, 3.8) is 0 Å². The standard InChI is InChI=1S/C19H23N5O5/c1-2-12(10-3-5-11(26)6-4-10)23-17-14-18(21-8-20-17)24(9-22-14)19-16(28)15(27)13(7-25)29-19/h3-6,8-9,12-13,15-16,19,25-28H,2,7H2,1H3,(H,20,21,23)/t12?,13-,15?,16+,19-/m1/s1. The first kappa shape index (κ1) is 19.5. The highest BCUT2D eigenvalue weighted by molar-refractivity contribution is 5.83. The Hall–Kier alpha value is -2.79. The van der Waals surface area contributed by atoms with Crippen LogP contribution in [0.1, 0.15) is 31.2 Å². The van der Waals surface area contributed by atoms with Gasteiger partial charge in [0, 0.05) is 0 Å². The lowest BCUT2D eigenvalue weighted by Gasteiger charge is -2.19. The second-order valence-electron chi connectivity index (χ2n) is 6.97. The van der Waals surface area contributed by atoms with Gasteiger partial charge in [-0.25, -0.2) is 15.0 Å².